The van der Waals surface area contributed by atoms with Crippen LogP contribution in [0.1, 0.15) is 45.7 Å². The first-order chi connectivity index (χ1) is 13.2. The summed E-state index contributed by atoms with van der Waals surface area (Å²) in [6.45, 7) is 4.33. The SMILES string of the molecule is Cc1ccc(C2(c3ccc(C)cc3)C3=CC=CCC3c3ccccc32)cc1. The third-order valence-corrected chi connectivity index (χ3v) is 6.30. The second-order valence-electron chi connectivity index (χ2n) is 7.91. The Balaban J connectivity index is 1.90. The van der Waals surface area contributed by atoms with Crippen LogP contribution < -0.4 is 0 Å². The maximum atomic E-state index is 2.37. The second-order valence-corrected chi connectivity index (χ2v) is 7.91. The lowest BCUT2D eigenvalue weighted by Crippen LogP contribution is -2.29. The van der Waals surface area contributed by atoms with Gasteiger partial charge in [0.1, 0.15) is 0 Å². The lowest BCUT2D eigenvalue weighted by atomic mass is 9.66. The maximum absolute atomic E-state index is 2.37. The predicted molar refractivity (Wildman–Crippen MR) is 113 cm³/mol. The molecule has 0 saturated heterocycles. The van der Waals surface area contributed by atoms with Crippen molar-refractivity contribution in [3.8, 4) is 0 Å². The van der Waals surface area contributed by atoms with E-state index in [1.165, 1.54) is 39.0 Å². The Morgan fingerprint density at radius 1 is 0.741 bits per heavy atom. The third-order valence-electron chi connectivity index (χ3n) is 6.30. The molecule has 0 amide bonds. The molecule has 0 nitrogen and oxygen atoms in total. The number of fused-ring (bicyclic) bond motifs is 3. The Bertz CT molecular complexity index is 1000. The third kappa shape index (κ3) is 2.29. The van der Waals surface area contributed by atoms with E-state index in [1.807, 2.05) is 0 Å². The predicted octanol–water partition coefficient (Wildman–Crippen LogP) is 6.62. The van der Waals surface area contributed by atoms with Gasteiger partial charge in [-0.15, -0.1) is 0 Å². The van der Waals surface area contributed by atoms with E-state index in [0.717, 1.165) is 6.42 Å². The van der Waals surface area contributed by atoms with Crippen LogP contribution in [0.5, 0.6) is 0 Å². The minimum absolute atomic E-state index is 0.201. The summed E-state index contributed by atoms with van der Waals surface area (Å²) in [4.78, 5) is 0. The van der Waals surface area contributed by atoms with Crippen molar-refractivity contribution in [2.24, 2.45) is 0 Å². The van der Waals surface area contributed by atoms with Gasteiger partial charge in [-0.2, -0.15) is 0 Å². The topological polar surface area (TPSA) is 0 Å². The van der Waals surface area contributed by atoms with Gasteiger partial charge in [-0.1, -0.05) is 102 Å². The fraction of sp³-hybridized carbons (Fsp3) is 0.185. The highest BCUT2D eigenvalue weighted by Crippen LogP contribution is 2.59. The van der Waals surface area contributed by atoms with Gasteiger partial charge < -0.3 is 0 Å². The van der Waals surface area contributed by atoms with Crippen LogP contribution in [0.25, 0.3) is 0 Å². The minimum atomic E-state index is -0.201. The van der Waals surface area contributed by atoms with E-state index >= 15 is 0 Å². The van der Waals surface area contributed by atoms with Crippen LogP contribution in [0.2, 0.25) is 0 Å². The highest BCUT2D eigenvalue weighted by atomic mass is 14.5. The lowest BCUT2D eigenvalue weighted by Gasteiger charge is -2.36. The Morgan fingerprint density at radius 3 is 1.96 bits per heavy atom. The molecule has 0 aliphatic heterocycles. The summed E-state index contributed by atoms with van der Waals surface area (Å²) in [5, 5.41) is 0. The van der Waals surface area contributed by atoms with Crippen LogP contribution in [-0.2, 0) is 5.41 Å². The van der Waals surface area contributed by atoms with Crippen molar-refractivity contribution in [3.05, 3.63) is 130 Å². The molecule has 3 aromatic rings. The van der Waals surface area contributed by atoms with Gasteiger partial charge in [0.15, 0.2) is 0 Å². The van der Waals surface area contributed by atoms with Crippen molar-refractivity contribution in [2.45, 2.75) is 31.6 Å². The van der Waals surface area contributed by atoms with Crippen LogP contribution in [0, 0.1) is 13.8 Å². The van der Waals surface area contributed by atoms with Gasteiger partial charge in [0.05, 0.1) is 5.41 Å². The summed E-state index contributed by atoms with van der Waals surface area (Å²) in [5.74, 6) is 0.466. The van der Waals surface area contributed by atoms with E-state index in [2.05, 4.69) is 105 Å². The van der Waals surface area contributed by atoms with Gasteiger partial charge in [0.25, 0.3) is 0 Å². The van der Waals surface area contributed by atoms with Gasteiger partial charge in [-0.25, -0.2) is 0 Å². The summed E-state index contributed by atoms with van der Waals surface area (Å²) >= 11 is 0. The Labute approximate surface area is 161 Å². The van der Waals surface area contributed by atoms with E-state index in [1.54, 1.807) is 0 Å². The van der Waals surface area contributed by atoms with Crippen molar-refractivity contribution in [1.29, 1.82) is 0 Å². The van der Waals surface area contributed by atoms with Crippen LogP contribution in [0.4, 0.5) is 0 Å². The fourth-order valence-electron chi connectivity index (χ4n) is 5.03. The maximum Gasteiger partial charge on any atom is 0.0673 e. The molecule has 1 unspecified atom stereocenters. The highest BCUT2D eigenvalue weighted by molar-refractivity contribution is 5.69. The summed E-state index contributed by atoms with van der Waals surface area (Å²) in [6, 6.07) is 27.4. The van der Waals surface area contributed by atoms with Crippen molar-refractivity contribution in [1.82, 2.24) is 0 Å². The van der Waals surface area contributed by atoms with E-state index < -0.39 is 0 Å². The van der Waals surface area contributed by atoms with Gasteiger partial charge >= 0.3 is 0 Å². The summed E-state index contributed by atoms with van der Waals surface area (Å²) in [6.07, 6.45) is 8.01. The van der Waals surface area contributed by atoms with Crippen LogP contribution >= 0.6 is 0 Å². The smallest absolute Gasteiger partial charge is 0.0673 e. The van der Waals surface area contributed by atoms with E-state index in [4.69, 9.17) is 0 Å². The number of hydrogen-bond acceptors (Lipinski definition) is 0. The molecule has 0 aromatic heterocycles. The molecule has 0 heteroatoms. The molecule has 0 heterocycles. The van der Waals surface area contributed by atoms with Crippen LogP contribution in [-0.4, -0.2) is 0 Å². The molecule has 3 aromatic carbocycles. The van der Waals surface area contributed by atoms with Crippen molar-refractivity contribution in [3.63, 3.8) is 0 Å². The number of rotatable bonds is 2. The van der Waals surface area contributed by atoms with Gasteiger partial charge in [0.2, 0.25) is 0 Å². The molecule has 1 atom stereocenters. The van der Waals surface area contributed by atoms with E-state index in [9.17, 15) is 0 Å². The summed E-state index contributed by atoms with van der Waals surface area (Å²) in [7, 11) is 0. The molecule has 5 rings (SSSR count). The van der Waals surface area contributed by atoms with Crippen LogP contribution in [0.3, 0.4) is 0 Å². The number of aryl methyl sites for hydroxylation is 2. The summed E-state index contributed by atoms with van der Waals surface area (Å²) < 4.78 is 0. The van der Waals surface area contributed by atoms with Crippen molar-refractivity contribution in [2.75, 3.05) is 0 Å². The second kappa shape index (κ2) is 6.09. The number of allylic oxidation sites excluding steroid dienone is 4. The highest BCUT2D eigenvalue weighted by Gasteiger charge is 2.50. The summed E-state index contributed by atoms with van der Waals surface area (Å²) in [5.41, 5.74) is 9.58. The molecule has 0 bridgehead atoms. The first-order valence-corrected chi connectivity index (χ1v) is 9.82. The minimum Gasteiger partial charge on any atom is -0.0836 e. The molecule has 0 saturated carbocycles. The number of benzene rings is 3. The molecule has 27 heavy (non-hydrogen) atoms. The quantitative estimate of drug-likeness (QED) is 0.488. The molecule has 0 N–H and O–H groups in total. The van der Waals surface area contributed by atoms with Gasteiger partial charge in [0, 0.05) is 5.92 Å². The zero-order valence-electron chi connectivity index (χ0n) is 15.9. The first kappa shape index (κ1) is 16.3. The normalized spacial score (nSPS) is 19.3. The molecular formula is C27H24. The monoisotopic (exact) mass is 348 g/mol. The van der Waals surface area contributed by atoms with Gasteiger partial charge in [-0.3, -0.25) is 0 Å². The molecule has 132 valence electrons. The first-order valence-electron chi connectivity index (χ1n) is 9.82. The van der Waals surface area contributed by atoms with E-state index in [-0.39, 0.29) is 5.41 Å². The molecule has 0 spiro atoms. The van der Waals surface area contributed by atoms with Crippen molar-refractivity contribution < 1.29 is 0 Å². The Hall–Kier alpha value is -2.86. The van der Waals surface area contributed by atoms with Gasteiger partial charge in [-0.05, 0) is 48.1 Å². The molecular weight excluding hydrogens is 324 g/mol. The zero-order valence-corrected chi connectivity index (χ0v) is 15.9. The Kier molecular flexibility index (Phi) is 3.68. The average Bonchev–Trinajstić information content (AvgIpc) is 3.01. The largest absolute Gasteiger partial charge is 0.0836 e. The lowest BCUT2D eigenvalue weighted by molar-refractivity contribution is 0.693. The number of hydrogen-bond donors (Lipinski definition) is 0. The molecule has 2 aliphatic carbocycles. The van der Waals surface area contributed by atoms with E-state index in [0.29, 0.717) is 5.92 Å². The van der Waals surface area contributed by atoms with Crippen LogP contribution in [0.15, 0.2) is 96.6 Å². The zero-order chi connectivity index (χ0) is 18.4. The van der Waals surface area contributed by atoms with Crippen molar-refractivity contribution >= 4 is 0 Å². The fourth-order valence-corrected chi connectivity index (χ4v) is 5.03. The molecule has 2 aliphatic rings. The average molecular weight is 348 g/mol. The Morgan fingerprint density at radius 2 is 1.33 bits per heavy atom. The standard InChI is InChI=1S/C27H24/c1-19-11-15-21(16-12-19)27(22-17-13-20(2)14-18-22)25-9-5-3-7-23(25)24-8-4-6-10-26(24)27/h3-7,9-18,24H,8H2,1-2H3. The molecule has 0 radical (unpaired) electrons. The molecule has 0 fully saturated rings.